The van der Waals surface area contributed by atoms with Crippen LogP contribution in [0.15, 0.2) is 0 Å². The maximum absolute atomic E-state index is 3.33. The van der Waals surface area contributed by atoms with Crippen molar-refractivity contribution in [1.29, 1.82) is 0 Å². The van der Waals surface area contributed by atoms with Gasteiger partial charge < -0.3 is 5.32 Å². The third kappa shape index (κ3) is 3.23. The van der Waals surface area contributed by atoms with Crippen molar-refractivity contribution in [2.75, 3.05) is 26.7 Å². The first-order valence-corrected chi connectivity index (χ1v) is 7.40. The molecule has 1 saturated heterocycles. The molecule has 1 aliphatic carbocycles. The fourth-order valence-electron chi connectivity index (χ4n) is 4.09. The Morgan fingerprint density at radius 2 is 2.06 bits per heavy atom. The van der Waals surface area contributed by atoms with Crippen LogP contribution in [0.4, 0.5) is 0 Å². The van der Waals surface area contributed by atoms with E-state index in [-0.39, 0.29) is 0 Å². The Hall–Kier alpha value is -0.0800. The normalized spacial score (nSPS) is 38.5. The van der Waals surface area contributed by atoms with Crippen LogP contribution < -0.4 is 5.32 Å². The maximum atomic E-state index is 3.33. The molecule has 0 radical (unpaired) electrons. The van der Waals surface area contributed by atoms with Gasteiger partial charge in [0.1, 0.15) is 0 Å². The number of hydrogen-bond acceptors (Lipinski definition) is 2. The van der Waals surface area contributed by atoms with E-state index in [1.807, 2.05) is 0 Å². The van der Waals surface area contributed by atoms with E-state index >= 15 is 0 Å². The first kappa shape index (κ1) is 13.4. The van der Waals surface area contributed by atoms with Crippen LogP contribution in [0.3, 0.4) is 0 Å². The molecule has 0 aromatic rings. The molecular weight excluding hydrogens is 208 g/mol. The molecule has 0 aromatic carbocycles. The molecule has 1 heterocycles. The van der Waals surface area contributed by atoms with Crippen LogP contribution >= 0.6 is 0 Å². The lowest BCUT2D eigenvalue weighted by Gasteiger charge is -2.43. The zero-order chi connectivity index (χ0) is 12.5. The van der Waals surface area contributed by atoms with Crippen LogP contribution in [0, 0.1) is 17.3 Å². The number of nitrogens with one attached hydrogen (secondary N) is 1. The second-order valence-electron chi connectivity index (χ2n) is 7.16. The number of likely N-dealkylation sites (tertiary alicyclic amines) is 1. The van der Waals surface area contributed by atoms with Crippen molar-refractivity contribution in [3.8, 4) is 0 Å². The van der Waals surface area contributed by atoms with Crippen LogP contribution in [0.5, 0.6) is 0 Å². The second-order valence-corrected chi connectivity index (χ2v) is 7.16. The van der Waals surface area contributed by atoms with E-state index in [2.05, 4.69) is 38.0 Å². The summed E-state index contributed by atoms with van der Waals surface area (Å²) in [7, 11) is 2.08. The van der Waals surface area contributed by atoms with Crippen molar-refractivity contribution in [1.82, 2.24) is 10.2 Å². The molecule has 1 aliphatic heterocycles. The molecule has 0 aromatic heterocycles. The minimum Gasteiger partial charge on any atom is -0.319 e. The van der Waals surface area contributed by atoms with Crippen LogP contribution in [-0.2, 0) is 0 Å². The van der Waals surface area contributed by atoms with E-state index < -0.39 is 0 Å². The van der Waals surface area contributed by atoms with Crippen molar-refractivity contribution in [3.05, 3.63) is 0 Å². The maximum Gasteiger partial charge on any atom is 0.0121 e. The first-order valence-electron chi connectivity index (χ1n) is 7.40. The summed E-state index contributed by atoms with van der Waals surface area (Å²) in [5.74, 6) is 1.77. The van der Waals surface area contributed by atoms with E-state index in [1.54, 1.807) is 0 Å². The highest BCUT2D eigenvalue weighted by molar-refractivity contribution is 4.91. The fraction of sp³-hybridized carbons (Fsp3) is 1.00. The van der Waals surface area contributed by atoms with Gasteiger partial charge >= 0.3 is 0 Å². The van der Waals surface area contributed by atoms with E-state index in [4.69, 9.17) is 0 Å². The summed E-state index contributed by atoms with van der Waals surface area (Å²) in [5, 5.41) is 3.33. The van der Waals surface area contributed by atoms with Crippen molar-refractivity contribution in [2.24, 2.45) is 17.3 Å². The molecule has 2 nitrogen and oxygen atoms in total. The van der Waals surface area contributed by atoms with Gasteiger partial charge in [0, 0.05) is 12.6 Å². The lowest BCUT2D eigenvalue weighted by Crippen LogP contribution is -2.44. The molecule has 0 spiro atoms. The van der Waals surface area contributed by atoms with Gasteiger partial charge in [0.25, 0.3) is 0 Å². The minimum atomic E-state index is 0.583. The third-order valence-electron chi connectivity index (χ3n) is 4.93. The Balaban J connectivity index is 1.87. The highest BCUT2D eigenvalue weighted by Crippen LogP contribution is 2.41. The SMILES string of the molecule is CNCC1CCN(C2CCC(C)(C)CC2C)C1. The Labute approximate surface area is 107 Å². The fourth-order valence-corrected chi connectivity index (χ4v) is 4.09. The molecule has 1 saturated carbocycles. The van der Waals surface area contributed by atoms with Gasteiger partial charge in [0.2, 0.25) is 0 Å². The summed E-state index contributed by atoms with van der Waals surface area (Å²) in [6, 6.07) is 0.866. The Morgan fingerprint density at radius 3 is 2.71 bits per heavy atom. The molecule has 2 rings (SSSR count). The van der Waals surface area contributed by atoms with Crippen molar-refractivity contribution < 1.29 is 0 Å². The molecule has 3 unspecified atom stereocenters. The molecule has 1 N–H and O–H groups in total. The Bertz CT molecular complexity index is 249. The van der Waals surface area contributed by atoms with Crippen LogP contribution in [0.25, 0.3) is 0 Å². The van der Waals surface area contributed by atoms with Crippen LogP contribution in [0.2, 0.25) is 0 Å². The van der Waals surface area contributed by atoms with Crippen LogP contribution in [0.1, 0.15) is 46.5 Å². The van der Waals surface area contributed by atoms with Gasteiger partial charge in [-0.15, -0.1) is 0 Å². The quantitative estimate of drug-likeness (QED) is 0.813. The molecule has 2 aliphatic rings. The smallest absolute Gasteiger partial charge is 0.0121 e. The van der Waals surface area contributed by atoms with E-state index in [0.29, 0.717) is 5.41 Å². The lowest BCUT2D eigenvalue weighted by atomic mass is 9.70. The van der Waals surface area contributed by atoms with Gasteiger partial charge in [-0.1, -0.05) is 20.8 Å². The van der Waals surface area contributed by atoms with Gasteiger partial charge in [-0.3, -0.25) is 4.90 Å². The van der Waals surface area contributed by atoms with Gasteiger partial charge in [0.15, 0.2) is 0 Å². The zero-order valence-corrected chi connectivity index (χ0v) is 12.1. The van der Waals surface area contributed by atoms with Crippen LogP contribution in [-0.4, -0.2) is 37.6 Å². The van der Waals surface area contributed by atoms with E-state index in [1.165, 1.54) is 45.3 Å². The predicted octanol–water partition coefficient (Wildman–Crippen LogP) is 2.74. The van der Waals surface area contributed by atoms with Crippen molar-refractivity contribution in [3.63, 3.8) is 0 Å². The molecule has 2 heteroatoms. The summed E-state index contributed by atoms with van der Waals surface area (Å²) in [6.07, 6.45) is 5.63. The Kier molecular flexibility index (Phi) is 4.14. The van der Waals surface area contributed by atoms with Crippen molar-refractivity contribution >= 4 is 0 Å². The largest absolute Gasteiger partial charge is 0.319 e. The Morgan fingerprint density at radius 1 is 1.29 bits per heavy atom. The van der Waals surface area contributed by atoms with E-state index in [9.17, 15) is 0 Å². The van der Waals surface area contributed by atoms with Crippen molar-refractivity contribution in [2.45, 2.75) is 52.5 Å². The number of rotatable bonds is 3. The lowest BCUT2D eigenvalue weighted by molar-refractivity contribution is 0.0732. The average Bonchev–Trinajstić information content (AvgIpc) is 2.65. The number of hydrogen-bond donors (Lipinski definition) is 1. The summed E-state index contributed by atoms with van der Waals surface area (Å²) < 4.78 is 0. The highest BCUT2D eigenvalue weighted by atomic mass is 15.2. The third-order valence-corrected chi connectivity index (χ3v) is 4.93. The topological polar surface area (TPSA) is 15.3 Å². The summed E-state index contributed by atoms with van der Waals surface area (Å²) in [4.78, 5) is 2.78. The monoisotopic (exact) mass is 238 g/mol. The average molecular weight is 238 g/mol. The zero-order valence-electron chi connectivity index (χ0n) is 12.1. The molecule has 0 bridgehead atoms. The molecule has 17 heavy (non-hydrogen) atoms. The molecule has 3 atom stereocenters. The standard InChI is InChI=1S/C15H30N2/c1-12-9-15(2,3)7-5-14(12)17-8-6-13(11-17)10-16-4/h12-14,16H,5-11H2,1-4H3. The van der Waals surface area contributed by atoms with Gasteiger partial charge in [-0.25, -0.2) is 0 Å². The minimum absolute atomic E-state index is 0.583. The molecular formula is C15H30N2. The van der Waals surface area contributed by atoms with Gasteiger partial charge in [-0.05, 0) is 63.1 Å². The van der Waals surface area contributed by atoms with Gasteiger partial charge in [-0.2, -0.15) is 0 Å². The van der Waals surface area contributed by atoms with E-state index in [0.717, 1.165) is 17.9 Å². The molecule has 100 valence electrons. The summed E-state index contributed by atoms with van der Waals surface area (Å²) in [5.41, 5.74) is 0.583. The van der Waals surface area contributed by atoms with Gasteiger partial charge in [0.05, 0.1) is 0 Å². The predicted molar refractivity (Wildman–Crippen MR) is 74.2 cm³/mol. The second kappa shape index (κ2) is 5.27. The summed E-state index contributed by atoms with van der Waals surface area (Å²) >= 11 is 0. The molecule has 2 fully saturated rings. The highest BCUT2D eigenvalue weighted by Gasteiger charge is 2.37. The molecule has 0 amide bonds. The number of nitrogens with zero attached hydrogens (tertiary/aromatic N) is 1. The summed E-state index contributed by atoms with van der Waals surface area (Å²) in [6.45, 7) is 11.2. The first-order chi connectivity index (χ1) is 8.02.